The molecule has 2 aromatic rings. The molecule has 0 radical (unpaired) electrons. The number of nitrogens with zero attached hydrogens (tertiary/aromatic N) is 2. The van der Waals surface area contributed by atoms with Crippen LogP contribution in [0.1, 0.15) is 11.4 Å². The minimum absolute atomic E-state index is 0.0835. The maximum atomic E-state index is 11.2. The maximum absolute atomic E-state index is 11.2. The number of anilines is 2. The smallest absolute Gasteiger partial charge is 0.276 e. The first-order valence-corrected chi connectivity index (χ1v) is 5.16. The Labute approximate surface area is 97.9 Å². The SMILES string of the molecule is Cc1cccc(CNc2nc[nH]c(=O)c2N)n1. The second-order valence-electron chi connectivity index (χ2n) is 3.62. The molecule has 0 atom stereocenters. The average molecular weight is 231 g/mol. The van der Waals surface area contributed by atoms with E-state index in [2.05, 4.69) is 20.3 Å². The largest absolute Gasteiger partial charge is 0.391 e. The Kier molecular flexibility index (Phi) is 3.04. The van der Waals surface area contributed by atoms with E-state index in [1.54, 1.807) is 0 Å². The highest BCUT2D eigenvalue weighted by Crippen LogP contribution is 2.09. The van der Waals surface area contributed by atoms with E-state index in [1.807, 2.05) is 25.1 Å². The van der Waals surface area contributed by atoms with Crippen molar-refractivity contribution in [3.63, 3.8) is 0 Å². The number of nitrogens with two attached hydrogens (primary N) is 1. The van der Waals surface area contributed by atoms with Crippen molar-refractivity contribution >= 4 is 11.5 Å². The third kappa shape index (κ3) is 2.60. The average Bonchev–Trinajstić information content (AvgIpc) is 2.31. The van der Waals surface area contributed by atoms with Gasteiger partial charge in [-0.15, -0.1) is 0 Å². The molecule has 88 valence electrons. The summed E-state index contributed by atoms with van der Waals surface area (Å²) in [7, 11) is 0. The molecule has 6 heteroatoms. The fourth-order valence-electron chi connectivity index (χ4n) is 1.42. The summed E-state index contributed by atoms with van der Waals surface area (Å²) < 4.78 is 0. The lowest BCUT2D eigenvalue weighted by molar-refractivity contribution is 0.995. The molecular formula is C11H13N5O. The topological polar surface area (TPSA) is 96.7 Å². The first kappa shape index (κ1) is 11.1. The normalized spacial score (nSPS) is 10.2. The van der Waals surface area contributed by atoms with Crippen molar-refractivity contribution in [2.75, 3.05) is 11.1 Å². The minimum Gasteiger partial charge on any atom is -0.391 e. The Morgan fingerprint density at radius 3 is 3.06 bits per heavy atom. The van der Waals surface area contributed by atoms with E-state index in [4.69, 9.17) is 5.73 Å². The van der Waals surface area contributed by atoms with Crippen molar-refractivity contribution in [1.29, 1.82) is 0 Å². The van der Waals surface area contributed by atoms with E-state index in [-0.39, 0.29) is 11.2 Å². The Morgan fingerprint density at radius 2 is 2.29 bits per heavy atom. The van der Waals surface area contributed by atoms with Crippen LogP contribution in [-0.2, 0) is 6.54 Å². The van der Waals surface area contributed by atoms with Gasteiger partial charge in [-0.2, -0.15) is 0 Å². The van der Waals surface area contributed by atoms with Gasteiger partial charge in [0.2, 0.25) is 0 Å². The summed E-state index contributed by atoms with van der Waals surface area (Å²) in [6.45, 7) is 2.39. The Hall–Kier alpha value is -2.37. The van der Waals surface area contributed by atoms with Crippen molar-refractivity contribution < 1.29 is 0 Å². The first-order valence-electron chi connectivity index (χ1n) is 5.16. The van der Waals surface area contributed by atoms with Crippen LogP contribution < -0.4 is 16.6 Å². The molecule has 0 saturated heterocycles. The minimum atomic E-state index is -0.347. The van der Waals surface area contributed by atoms with Gasteiger partial charge in [0, 0.05) is 5.69 Å². The van der Waals surface area contributed by atoms with Crippen molar-refractivity contribution in [1.82, 2.24) is 15.0 Å². The number of H-pyrrole nitrogens is 1. The summed E-state index contributed by atoms with van der Waals surface area (Å²) in [5.74, 6) is 0.372. The molecule has 0 aromatic carbocycles. The molecular weight excluding hydrogens is 218 g/mol. The molecule has 2 rings (SSSR count). The van der Waals surface area contributed by atoms with Gasteiger partial charge in [-0.25, -0.2) is 4.98 Å². The van der Waals surface area contributed by atoms with Gasteiger partial charge in [-0.1, -0.05) is 6.07 Å². The van der Waals surface area contributed by atoms with Crippen LogP contribution >= 0.6 is 0 Å². The molecule has 0 bridgehead atoms. The molecule has 0 unspecified atom stereocenters. The fourth-order valence-corrected chi connectivity index (χ4v) is 1.42. The van der Waals surface area contributed by atoms with E-state index in [0.717, 1.165) is 11.4 Å². The Morgan fingerprint density at radius 1 is 1.47 bits per heavy atom. The second-order valence-corrected chi connectivity index (χ2v) is 3.62. The quantitative estimate of drug-likeness (QED) is 0.721. The molecule has 0 aliphatic carbocycles. The number of rotatable bonds is 3. The number of aromatic amines is 1. The van der Waals surface area contributed by atoms with E-state index in [1.165, 1.54) is 6.33 Å². The zero-order valence-electron chi connectivity index (χ0n) is 9.40. The summed E-state index contributed by atoms with van der Waals surface area (Å²) in [6, 6.07) is 5.74. The van der Waals surface area contributed by atoms with Gasteiger partial charge in [0.05, 0.1) is 18.6 Å². The van der Waals surface area contributed by atoms with Crippen LogP contribution in [-0.4, -0.2) is 15.0 Å². The molecule has 17 heavy (non-hydrogen) atoms. The summed E-state index contributed by atoms with van der Waals surface area (Å²) in [6.07, 6.45) is 1.31. The van der Waals surface area contributed by atoms with E-state index < -0.39 is 0 Å². The molecule has 0 aliphatic heterocycles. The summed E-state index contributed by atoms with van der Waals surface area (Å²) in [5, 5.41) is 2.98. The van der Waals surface area contributed by atoms with Gasteiger partial charge in [-0.05, 0) is 19.1 Å². The van der Waals surface area contributed by atoms with E-state index >= 15 is 0 Å². The summed E-state index contributed by atoms with van der Waals surface area (Å²) >= 11 is 0. The van der Waals surface area contributed by atoms with E-state index in [0.29, 0.717) is 12.4 Å². The van der Waals surface area contributed by atoms with Crippen molar-refractivity contribution in [3.8, 4) is 0 Å². The second kappa shape index (κ2) is 4.65. The molecule has 4 N–H and O–H groups in total. The fraction of sp³-hybridized carbons (Fsp3) is 0.182. The lowest BCUT2D eigenvalue weighted by atomic mass is 10.3. The third-order valence-corrected chi connectivity index (χ3v) is 2.27. The third-order valence-electron chi connectivity index (χ3n) is 2.27. The molecule has 6 nitrogen and oxygen atoms in total. The number of pyridine rings is 1. The lowest BCUT2D eigenvalue weighted by Crippen LogP contribution is -2.16. The highest BCUT2D eigenvalue weighted by molar-refractivity contribution is 5.58. The monoisotopic (exact) mass is 231 g/mol. The van der Waals surface area contributed by atoms with Gasteiger partial charge in [0.25, 0.3) is 5.56 Å². The molecule has 0 spiro atoms. The predicted molar refractivity (Wildman–Crippen MR) is 65.6 cm³/mol. The summed E-state index contributed by atoms with van der Waals surface area (Å²) in [4.78, 5) is 21.9. The van der Waals surface area contributed by atoms with Crippen LogP contribution in [0.5, 0.6) is 0 Å². The number of hydrogen-bond donors (Lipinski definition) is 3. The molecule has 0 aliphatic rings. The highest BCUT2D eigenvalue weighted by Gasteiger charge is 2.03. The standard InChI is InChI=1S/C11H13N5O/c1-7-3-2-4-8(16-7)5-13-10-9(12)11(17)15-6-14-10/h2-4,6H,5,12H2,1H3,(H2,13,14,15,17). The molecule has 0 fully saturated rings. The van der Waals surface area contributed by atoms with Crippen LogP contribution in [0.2, 0.25) is 0 Å². The van der Waals surface area contributed by atoms with Gasteiger partial charge in [0.15, 0.2) is 5.82 Å². The molecule has 2 aromatic heterocycles. The Bertz CT molecular complexity index is 578. The predicted octanol–water partition coefficient (Wildman–Crippen LogP) is 0.668. The zero-order chi connectivity index (χ0) is 12.3. The summed E-state index contributed by atoms with van der Waals surface area (Å²) in [5.41, 5.74) is 7.13. The number of aromatic nitrogens is 3. The Balaban J connectivity index is 2.13. The van der Waals surface area contributed by atoms with Crippen molar-refractivity contribution in [2.45, 2.75) is 13.5 Å². The highest BCUT2D eigenvalue weighted by atomic mass is 16.1. The number of hydrogen-bond acceptors (Lipinski definition) is 5. The molecule has 2 heterocycles. The van der Waals surface area contributed by atoms with E-state index in [9.17, 15) is 4.79 Å². The number of nitrogens with one attached hydrogen (secondary N) is 2. The maximum Gasteiger partial charge on any atom is 0.276 e. The van der Waals surface area contributed by atoms with Crippen LogP contribution in [0.3, 0.4) is 0 Å². The van der Waals surface area contributed by atoms with Gasteiger partial charge >= 0.3 is 0 Å². The van der Waals surface area contributed by atoms with Gasteiger partial charge in [0.1, 0.15) is 5.69 Å². The zero-order valence-corrected chi connectivity index (χ0v) is 9.40. The molecule has 0 amide bonds. The van der Waals surface area contributed by atoms with Crippen LogP contribution in [0.4, 0.5) is 11.5 Å². The van der Waals surface area contributed by atoms with Crippen LogP contribution in [0.15, 0.2) is 29.3 Å². The van der Waals surface area contributed by atoms with Gasteiger partial charge in [-0.3, -0.25) is 9.78 Å². The first-order chi connectivity index (χ1) is 8.16. The number of aryl methyl sites for hydroxylation is 1. The van der Waals surface area contributed by atoms with Crippen molar-refractivity contribution in [2.24, 2.45) is 0 Å². The van der Waals surface area contributed by atoms with Gasteiger partial charge < -0.3 is 16.0 Å². The van der Waals surface area contributed by atoms with Crippen LogP contribution in [0.25, 0.3) is 0 Å². The van der Waals surface area contributed by atoms with Crippen LogP contribution in [0, 0.1) is 6.92 Å². The lowest BCUT2D eigenvalue weighted by Gasteiger charge is -2.06. The number of nitrogen functional groups attached to an aromatic ring is 1. The molecule has 0 saturated carbocycles. The van der Waals surface area contributed by atoms with Crippen molar-refractivity contribution in [3.05, 3.63) is 46.3 Å².